The molecule has 7 nitrogen and oxygen atoms in total. The SMILES string of the molecule is CC1(C)O[C@H]2CC[C@](C)([C@@H]3CC4(CCN(S(=O)(=O)c5ccc(Br)cc5)CC4)CO3)O[C@]2(C)CC[C@@H]1O. The Labute approximate surface area is 224 Å². The number of piperidine rings is 1. The fourth-order valence-corrected chi connectivity index (χ4v) is 8.40. The molecule has 4 fully saturated rings. The molecule has 0 aliphatic carbocycles. The number of hydrogen-bond donors (Lipinski definition) is 1. The second-order valence-corrected chi connectivity index (χ2v) is 15.2. The van der Waals surface area contributed by atoms with E-state index in [4.69, 9.17) is 14.2 Å². The van der Waals surface area contributed by atoms with Gasteiger partial charge in [0.15, 0.2) is 0 Å². The highest BCUT2D eigenvalue weighted by Gasteiger charge is 2.57. The summed E-state index contributed by atoms with van der Waals surface area (Å²) in [6, 6.07) is 6.85. The van der Waals surface area contributed by atoms with Gasteiger partial charge in [-0.05, 0) is 102 Å². The first-order chi connectivity index (χ1) is 16.8. The maximum absolute atomic E-state index is 13.2. The maximum atomic E-state index is 13.2. The zero-order chi connectivity index (χ0) is 26.0. The fourth-order valence-electron chi connectivity index (χ4n) is 6.70. The van der Waals surface area contributed by atoms with Crippen LogP contribution in [0.15, 0.2) is 33.6 Å². The van der Waals surface area contributed by atoms with Crippen LogP contribution in [-0.4, -0.2) is 72.6 Å². The van der Waals surface area contributed by atoms with Crippen molar-refractivity contribution in [3.63, 3.8) is 0 Å². The van der Waals surface area contributed by atoms with Gasteiger partial charge in [0.2, 0.25) is 10.0 Å². The van der Waals surface area contributed by atoms with Crippen molar-refractivity contribution in [2.24, 2.45) is 5.41 Å². The van der Waals surface area contributed by atoms with Crippen LogP contribution in [0.2, 0.25) is 0 Å². The minimum absolute atomic E-state index is 0.0152. The summed E-state index contributed by atoms with van der Waals surface area (Å²) in [6.07, 6.45) is 4.96. The minimum Gasteiger partial charge on any atom is -0.390 e. The number of ether oxygens (including phenoxy) is 3. The molecular weight excluding hydrogens is 546 g/mol. The van der Waals surface area contributed by atoms with Gasteiger partial charge in [-0.25, -0.2) is 8.42 Å². The van der Waals surface area contributed by atoms with Crippen molar-refractivity contribution in [3.8, 4) is 0 Å². The lowest BCUT2D eigenvalue weighted by Crippen LogP contribution is -2.59. The lowest BCUT2D eigenvalue weighted by molar-refractivity contribution is -0.274. The van der Waals surface area contributed by atoms with Crippen LogP contribution < -0.4 is 0 Å². The molecule has 0 saturated carbocycles. The highest BCUT2D eigenvalue weighted by Crippen LogP contribution is 2.51. The second kappa shape index (κ2) is 9.28. The average Bonchev–Trinajstić information content (AvgIpc) is 3.21. The van der Waals surface area contributed by atoms with Crippen LogP contribution in [0, 0.1) is 5.41 Å². The van der Waals surface area contributed by atoms with Crippen molar-refractivity contribution in [1.82, 2.24) is 4.31 Å². The summed E-state index contributed by atoms with van der Waals surface area (Å²) in [6.45, 7) is 9.87. The quantitative estimate of drug-likeness (QED) is 0.555. The van der Waals surface area contributed by atoms with E-state index in [1.165, 1.54) is 0 Å². The molecule has 36 heavy (non-hydrogen) atoms. The lowest BCUT2D eigenvalue weighted by atomic mass is 9.73. The van der Waals surface area contributed by atoms with E-state index in [0.29, 0.717) is 31.0 Å². The normalized spacial score (nSPS) is 39.0. The van der Waals surface area contributed by atoms with Crippen LogP contribution in [0.25, 0.3) is 0 Å². The zero-order valence-electron chi connectivity index (χ0n) is 21.8. The number of benzene rings is 1. The summed E-state index contributed by atoms with van der Waals surface area (Å²) in [7, 11) is -3.50. The topological polar surface area (TPSA) is 85.3 Å². The summed E-state index contributed by atoms with van der Waals surface area (Å²) in [4.78, 5) is 0.340. The molecule has 4 aliphatic rings. The fraction of sp³-hybridized carbons (Fsp3) is 0.778. The van der Waals surface area contributed by atoms with Crippen molar-refractivity contribution >= 4 is 26.0 Å². The summed E-state index contributed by atoms with van der Waals surface area (Å²) in [5.74, 6) is 0. The molecule has 1 N–H and O–H groups in total. The molecule has 0 unspecified atom stereocenters. The van der Waals surface area contributed by atoms with Crippen LogP contribution in [0.4, 0.5) is 0 Å². The number of aliphatic hydroxyl groups excluding tert-OH is 1. The van der Waals surface area contributed by atoms with Crippen molar-refractivity contribution in [1.29, 1.82) is 0 Å². The molecule has 0 bridgehead atoms. The number of rotatable bonds is 3. The largest absolute Gasteiger partial charge is 0.390 e. The predicted molar refractivity (Wildman–Crippen MR) is 140 cm³/mol. The van der Waals surface area contributed by atoms with Crippen molar-refractivity contribution < 1.29 is 27.7 Å². The van der Waals surface area contributed by atoms with Crippen LogP contribution in [0.3, 0.4) is 0 Å². The molecular formula is C27H40BrNO6S. The molecule has 9 heteroatoms. The van der Waals surface area contributed by atoms with Gasteiger partial charge >= 0.3 is 0 Å². The average molecular weight is 587 g/mol. The zero-order valence-corrected chi connectivity index (χ0v) is 24.2. The molecule has 1 aromatic carbocycles. The third-order valence-electron chi connectivity index (χ3n) is 9.34. The monoisotopic (exact) mass is 585 g/mol. The van der Waals surface area contributed by atoms with E-state index in [2.05, 4.69) is 29.8 Å². The first-order valence-corrected chi connectivity index (χ1v) is 15.4. The molecule has 1 spiro atoms. The molecule has 4 aliphatic heterocycles. The van der Waals surface area contributed by atoms with E-state index in [1.54, 1.807) is 28.6 Å². The lowest BCUT2D eigenvalue weighted by Gasteiger charge is -2.51. The smallest absolute Gasteiger partial charge is 0.243 e. The molecule has 5 atom stereocenters. The number of nitrogens with zero attached hydrogens (tertiary/aromatic N) is 1. The first-order valence-electron chi connectivity index (χ1n) is 13.2. The van der Waals surface area contributed by atoms with E-state index in [0.717, 1.165) is 43.0 Å². The first kappa shape index (κ1) is 27.0. The van der Waals surface area contributed by atoms with Gasteiger partial charge in [-0.3, -0.25) is 0 Å². The summed E-state index contributed by atoms with van der Waals surface area (Å²) in [5.41, 5.74) is -1.50. The Morgan fingerprint density at radius 2 is 1.56 bits per heavy atom. The Kier molecular flexibility index (Phi) is 6.97. The molecule has 0 aromatic heterocycles. The van der Waals surface area contributed by atoms with Gasteiger partial charge in [-0.15, -0.1) is 0 Å². The Balaban J connectivity index is 1.24. The van der Waals surface area contributed by atoms with Crippen molar-refractivity contribution in [2.75, 3.05) is 19.7 Å². The Hall–Kier alpha value is -0.550. The van der Waals surface area contributed by atoms with Gasteiger partial charge in [-0.1, -0.05) is 15.9 Å². The Morgan fingerprint density at radius 3 is 2.22 bits per heavy atom. The molecule has 5 rings (SSSR count). The molecule has 0 amide bonds. The number of halogens is 1. The Bertz CT molecular complexity index is 1070. The van der Waals surface area contributed by atoms with Crippen molar-refractivity contribution in [2.45, 2.75) is 113 Å². The molecule has 0 radical (unpaired) electrons. The van der Waals surface area contributed by atoms with E-state index >= 15 is 0 Å². The van der Waals surface area contributed by atoms with Gasteiger partial charge in [-0.2, -0.15) is 4.31 Å². The van der Waals surface area contributed by atoms with Gasteiger partial charge < -0.3 is 19.3 Å². The van der Waals surface area contributed by atoms with Crippen LogP contribution in [0.1, 0.15) is 72.6 Å². The summed E-state index contributed by atoms with van der Waals surface area (Å²) in [5, 5.41) is 10.6. The van der Waals surface area contributed by atoms with E-state index in [9.17, 15) is 13.5 Å². The summed E-state index contributed by atoms with van der Waals surface area (Å²) >= 11 is 3.37. The third kappa shape index (κ3) is 4.82. The predicted octanol–water partition coefficient (Wildman–Crippen LogP) is 4.66. The number of hydrogen-bond acceptors (Lipinski definition) is 6. The van der Waals surface area contributed by atoms with E-state index in [-0.39, 0.29) is 17.6 Å². The molecule has 4 heterocycles. The summed E-state index contributed by atoms with van der Waals surface area (Å²) < 4.78 is 48.5. The molecule has 4 saturated heterocycles. The number of aliphatic hydroxyl groups is 1. The van der Waals surface area contributed by atoms with Gasteiger partial charge in [0.25, 0.3) is 0 Å². The standard InChI is InChI=1S/C27H40BrNO6S/c1-24(2)21(30)9-11-25(3)22(34-24)10-12-26(4,35-25)23-17-27(18-33-23)13-15-29(16-14-27)36(31,32)20-7-5-19(28)6-8-20/h5-8,21-23,30H,9-18H2,1-4H3/t21-,22-,23-,25+,26+/m0/s1. The third-order valence-corrected chi connectivity index (χ3v) is 11.8. The molecule has 202 valence electrons. The highest BCUT2D eigenvalue weighted by atomic mass is 79.9. The van der Waals surface area contributed by atoms with E-state index < -0.39 is 32.9 Å². The maximum Gasteiger partial charge on any atom is 0.243 e. The molecule has 1 aromatic rings. The van der Waals surface area contributed by atoms with Gasteiger partial charge in [0, 0.05) is 17.6 Å². The minimum atomic E-state index is -3.50. The van der Waals surface area contributed by atoms with Crippen molar-refractivity contribution in [3.05, 3.63) is 28.7 Å². The highest BCUT2D eigenvalue weighted by molar-refractivity contribution is 9.10. The van der Waals surface area contributed by atoms with Gasteiger partial charge in [0.05, 0.1) is 46.6 Å². The van der Waals surface area contributed by atoms with Crippen LogP contribution in [0.5, 0.6) is 0 Å². The number of fused-ring (bicyclic) bond motifs is 1. The van der Waals surface area contributed by atoms with Crippen LogP contribution >= 0.6 is 15.9 Å². The van der Waals surface area contributed by atoms with Gasteiger partial charge in [0.1, 0.15) is 0 Å². The number of sulfonamides is 1. The van der Waals surface area contributed by atoms with E-state index in [1.807, 2.05) is 13.8 Å². The van der Waals surface area contributed by atoms with Crippen LogP contribution in [-0.2, 0) is 24.2 Å². The Morgan fingerprint density at radius 1 is 0.944 bits per heavy atom. The second-order valence-electron chi connectivity index (χ2n) is 12.4.